The van der Waals surface area contributed by atoms with E-state index < -0.39 is 38.5 Å². The van der Waals surface area contributed by atoms with Crippen molar-refractivity contribution in [3.05, 3.63) is 0 Å². The first kappa shape index (κ1) is 19.6. The van der Waals surface area contributed by atoms with Crippen LogP contribution in [0.25, 0.3) is 0 Å². The lowest BCUT2D eigenvalue weighted by atomic mass is 11.6. The summed E-state index contributed by atoms with van der Waals surface area (Å²) in [7, 11) is -2.73. The summed E-state index contributed by atoms with van der Waals surface area (Å²) < 4.78 is 2.27. The molecule has 1 aliphatic rings. The van der Waals surface area contributed by atoms with Crippen LogP contribution in [-0.4, -0.2) is 49.8 Å². The monoisotopic (exact) mass is 380 g/mol. The van der Waals surface area contributed by atoms with E-state index in [4.69, 9.17) is 0 Å². The molecule has 0 spiro atoms. The third kappa shape index (κ3) is 4.80. The highest BCUT2D eigenvalue weighted by atomic mass is 32.2. The molecule has 0 amide bonds. The van der Waals surface area contributed by atoms with Crippen LogP contribution in [0.4, 0.5) is 0 Å². The van der Waals surface area contributed by atoms with Gasteiger partial charge in [-0.2, -0.15) is 0 Å². The molecule has 6 heteroatoms. The van der Waals surface area contributed by atoms with Crippen LogP contribution in [0.2, 0.25) is 70.3 Å². The Labute approximate surface area is 134 Å². The molecule has 1 atom stereocenters. The van der Waals surface area contributed by atoms with Crippen LogP contribution in [0.1, 0.15) is 0 Å². The van der Waals surface area contributed by atoms with Crippen LogP contribution in [0.3, 0.4) is 0 Å². The van der Waals surface area contributed by atoms with Crippen molar-refractivity contribution in [2.75, 3.05) is 13.3 Å². The van der Waals surface area contributed by atoms with E-state index in [9.17, 15) is 0 Å². The third-order valence-electron chi connectivity index (χ3n) is 4.30. The van der Waals surface area contributed by atoms with Crippen molar-refractivity contribution in [3.8, 4) is 0 Å². The van der Waals surface area contributed by atoms with Crippen LogP contribution in [0.5, 0.6) is 0 Å². The van der Waals surface area contributed by atoms with E-state index in [0.29, 0.717) is 0 Å². The Kier molecular flexibility index (Phi) is 5.50. The smallest absolute Gasteiger partial charge is 0.0733 e. The predicted octanol–water partition coefficient (Wildman–Crippen LogP) is 6.16. The van der Waals surface area contributed by atoms with Gasteiger partial charge in [-0.25, -0.2) is 0 Å². The van der Waals surface area contributed by atoms with E-state index in [1.165, 1.54) is 7.82 Å². The average molecular weight is 381 g/mol. The summed E-state index contributed by atoms with van der Waals surface area (Å²) in [6.07, 6.45) is 0. The zero-order valence-electron chi connectivity index (χ0n) is 15.9. The quantitative estimate of drug-likeness (QED) is 0.397. The Hall–Kier alpha value is 1.60. The van der Waals surface area contributed by atoms with Gasteiger partial charge in [-0.1, -0.05) is 74.8 Å². The van der Waals surface area contributed by atoms with Crippen LogP contribution >= 0.6 is 14.4 Å². The fourth-order valence-electron chi connectivity index (χ4n) is 5.95. The van der Waals surface area contributed by atoms with Crippen molar-refractivity contribution in [1.82, 2.24) is 0 Å². The highest BCUT2D eigenvalue weighted by molar-refractivity contribution is 8.43. The first-order valence-corrected chi connectivity index (χ1v) is 26.9. The van der Waals surface area contributed by atoms with Crippen LogP contribution in [0, 0.1) is 0 Å². The molecule has 0 saturated carbocycles. The van der Waals surface area contributed by atoms with Gasteiger partial charge in [0.1, 0.15) is 0 Å². The molecule has 0 aromatic heterocycles. The SMILES string of the molecule is C[Si]1(C)C[Si](C)(C)C(=P(C)(C)P[Si](C)(C)C)[Si](C)(C)C1. The summed E-state index contributed by atoms with van der Waals surface area (Å²) in [5.74, 6) is 0. The highest BCUT2D eigenvalue weighted by Crippen LogP contribution is 2.67. The van der Waals surface area contributed by atoms with Crippen molar-refractivity contribution in [2.45, 2.75) is 70.3 Å². The zero-order valence-corrected chi connectivity index (χ0v) is 21.8. The Morgan fingerprint density at radius 2 is 1.20 bits per heavy atom. The van der Waals surface area contributed by atoms with Crippen LogP contribution in [-0.2, 0) is 0 Å². The van der Waals surface area contributed by atoms with Gasteiger partial charge in [0.15, 0.2) is 0 Å². The third-order valence-corrected chi connectivity index (χ3v) is 51.8. The van der Waals surface area contributed by atoms with E-state index in [1.807, 2.05) is 0 Å². The summed E-state index contributed by atoms with van der Waals surface area (Å²) in [4.78, 5) is 0. The molecule has 1 rings (SSSR count). The lowest BCUT2D eigenvalue weighted by Gasteiger charge is -2.52. The molecule has 1 aliphatic heterocycles. The molecule has 1 saturated heterocycles. The van der Waals surface area contributed by atoms with Gasteiger partial charge in [-0.3, -0.25) is 0 Å². The Morgan fingerprint density at radius 1 is 0.850 bits per heavy atom. The van der Waals surface area contributed by atoms with E-state index in [2.05, 4.69) is 76.8 Å². The Morgan fingerprint density at radius 3 is 1.50 bits per heavy atom. The molecule has 0 bridgehead atoms. The topological polar surface area (TPSA) is 0 Å². The number of hydrogen-bond donors (Lipinski definition) is 0. The van der Waals surface area contributed by atoms with Crippen molar-refractivity contribution < 1.29 is 0 Å². The second-order valence-corrected chi connectivity index (χ2v) is 46.1. The van der Waals surface area contributed by atoms with E-state index in [-0.39, 0.29) is 0 Å². The highest BCUT2D eigenvalue weighted by Gasteiger charge is 2.51. The summed E-state index contributed by atoms with van der Waals surface area (Å²) in [6.45, 7) is 28.8. The number of hydrogen-bond acceptors (Lipinski definition) is 0. The van der Waals surface area contributed by atoms with Crippen molar-refractivity contribution in [3.63, 3.8) is 0 Å². The normalized spacial score (nSPS) is 26.2. The zero-order chi connectivity index (χ0) is 16.2. The standard InChI is InChI=1S/C14H38P2Si4/c1-16(2,15-17(3,4)5)14-19(8,9)12-18(6,7)13-20(14,10)11/h15H,12-13H2,1-11H3. The fraction of sp³-hybridized carbons (Fsp3) is 0.929. The Bertz CT molecular complexity index is 417. The molecule has 0 aliphatic carbocycles. The molecule has 0 aromatic rings. The first-order valence-electron chi connectivity index (χ1n) is 8.01. The first-order chi connectivity index (χ1) is 8.49. The van der Waals surface area contributed by atoms with E-state index in [1.54, 1.807) is 11.3 Å². The Balaban J connectivity index is 3.47. The van der Waals surface area contributed by atoms with Gasteiger partial charge in [0.25, 0.3) is 0 Å². The van der Waals surface area contributed by atoms with Crippen LogP contribution < -0.4 is 0 Å². The lowest BCUT2D eigenvalue weighted by molar-refractivity contribution is 1.47. The summed E-state index contributed by atoms with van der Waals surface area (Å²) >= 11 is 0. The minimum Gasteiger partial charge on any atom is -0.110 e. The van der Waals surface area contributed by atoms with Gasteiger partial charge >= 0.3 is 0 Å². The largest absolute Gasteiger partial charge is 0.110 e. The molecule has 0 radical (unpaired) electrons. The maximum Gasteiger partial charge on any atom is 0.0733 e. The molecule has 120 valence electrons. The second-order valence-electron chi connectivity index (χ2n) is 10.4. The molecule has 0 aromatic carbocycles. The minimum absolute atomic E-state index is 0.787. The van der Waals surface area contributed by atoms with Crippen LogP contribution in [0.15, 0.2) is 0 Å². The number of rotatable bonds is 2. The molecular weight excluding hydrogens is 342 g/mol. The van der Waals surface area contributed by atoms with Crippen molar-refractivity contribution >= 4 is 50.9 Å². The fourth-order valence-corrected chi connectivity index (χ4v) is 82.2. The lowest BCUT2D eigenvalue weighted by Crippen LogP contribution is -2.64. The van der Waals surface area contributed by atoms with Crippen molar-refractivity contribution in [2.24, 2.45) is 0 Å². The molecule has 1 unspecified atom stereocenters. The van der Waals surface area contributed by atoms with E-state index >= 15 is 0 Å². The average Bonchev–Trinajstić information content (AvgIpc) is 1.84. The molecular formula is C14H38P2Si4. The summed E-state index contributed by atoms with van der Waals surface area (Å²) in [6, 6.07) is 0. The van der Waals surface area contributed by atoms with Gasteiger partial charge in [0.2, 0.25) is 0 Å². The summed E-state index contributed by atoms with van der Waals surface area (Å²) in [5.41, 5.74) is 3.34. The molecule has 0 N–H and O–H groups in total. The van der Waals surface area contributed by atoms with Gasteiger partial charge in [0.05, 0.1) is 23.9 Å². The second kappa shape index (κ2) is 5.60. The molecule has 1 fully saturated rings. The summed E-state index contributed by atoms with van der Waals surface area (Å²) in [5, 5.41) is 0. The molecule has 0 nitrogen and oxygen atoms in total. The predicted molar refractivity (Wildman–Crippen MR) is 117 cm³/mol. The molecule has 20 heavy (non-hydrogen) atoms. The minimum atomic E-state index is -1.11. The van der Waals surface area contributed by atoms with Gasteiger partial charge in [0, 0.05) is 8.07 Å². The van der Waals surface area contributed by atoms with Crippen molar-refractivity contribution in [1.29, 1.82) is 0 Å². The maximum absolute atomic E-state index is 2.74. The molecule has 1 heterocycles. The van der Waals surface area contributed by atoms with E-state index in [0.717, 1.165) is 0 Å². The maximum atomic E-state index is 2.74. The van der Waals surface area contributed by atoms with Gasteiger partial charge in [-0.15, -0.1) is 14.4 Å². The van der Waals surface area contributed by atoms with Gasteiger partial charge in [-0.05, 0) is 13.3 Å². The van der Waals surface area contributed by atoms with Gasteiger partial charge < -0.3 is 0 Å².